The zero-order valence-electron chi connectivity index (χ0n) is 7.97. The highest BCUT2D eigenvalue weighted by Crippen LogP contribution is 2.33. The summed E-state index contributed by atoms with van der Waals surface area (Å²) in [6, 6.07) is 9.53. The van der Waals surface area contributed by atoms with Gasteiger partial charge in [0.05, 0.1) is 5.92 Å². The zero-order valence-corrected chi connectivity index (χ0v) is 10.1. The number of aliphatic hydroxyl groups excluding tert-OH is 1. The molecule has 2 rings (SSSR count). The number of ether oxygens (including phenoxy) is 1. The van der Waals surface area contributed by atoms with Gasteiger partial charge >= 0.3 is 5.97 Å². The predicted octanol–water partition coefficient (Wildman–Crippen LogP) is 1.49. The van der Waals surface area contributed by atoms with E-state index in [0.29, 0.717) is 4.43 Å². The number of carbonyl (C=O) groups excluding carboxylic acids is 1. The molecule has 3 nitrogen and oxygen atoms in total. The first-order chi connectivity index (χ1) is 7.24. The molecule has 0 spiro atoms. The van der Waals surface area contributed by atoms with Crippen molar-refractivity contribution >= 4 is 28.6 Å². The third kappa shape index (κ3) is 2.01. The van der Waals surface area contributed by atoms with Crippen LogP contribution in [0.15, 0.2) is 30.3 Å². The minimum absolute atomic E-state index is 0.213. The van der Waals surface area contributed by atoms with Crippen molar-refractivity contribution in [1.29, 1.82) is 0 Å². The monoisotopic (exact) mass is 318 g/mol. The van der Waals surface area contributed by atoms with Crippen molar-refractivity contribution in [2.45, 2.75) is 18.1 Å². The number of cyclic esters (lactones) is 1. The maximum atomic E-state index is 11.3. The second kappa shape index (κ2) is 4.49. The lowest BCUT2D eigenvalue weighted by atomic mass is 9.91. The van der Waals surface area contributed by atoms with Gasteiger partial charge in [-0.3, -0.25) is 0 Å². The van der Waals surface area contributed by atoms with Gasteiger partial charge in [0.1, 0.15) is 6.10 Å². The molecule has 1 heterocycles. The average molecular weight is 318 g/mol. The quantitative estimate of drug-likeness (QED) is 0.511. The molecule has 0 aromatic heterocycles. The van der Waals surface area contributed by atoms with Gasteiger partial charge in [0.15, 0.2) is 6.10 Å². The van der Waals surface area contributed by atoms with Crippen LogP contribution in [0.3, 0.4) is 0 Å². The predicted molar refractivity (Wildman–Crippen MR) is 64.0 cm³/mol. The second-order valence-corrected chi connectivity index (χ2v) is 4.39. The summed E-state index contributed by atoms with van der Waals surface area (Å²) in [6.45, 7) is 0. The van der Waals surface area contributed by atoms with Crippen LogP contribution < -0.4 is 0 Å². The van der Waals surface area contributed by atoms with E-state index in [1.165, 1.54) is 0 Å². The van der Waals surface area contributed by atoms with E-state index in [9.17, 15) is 9.90 Å². The van der Waals surface area contributed by atoms with E-state index >= 15 is 0 Å². The molecule has 0 amide bonds. The minimum atomic E-state index is -1.02. The number of hydrogen-bond donors (Lipinski definition) is 1. The number of carbonyl (C=O) groups is 1. The van der Waals surface area contributed by atoms with Crippen molar-refractivity contribution < 1.29 is 14.6 Å². The Bertz CT molecular complexity index is 352. The van der Waals surface area contributed by atoms with Crippen LogP contribution in [0.1, 0.15) is 11.5 Å². The summed E-state index contributed by atoms with van der Waals surface area (Å²) in [5, 5.41) is 9.73. The normalized spacial score (nSPS) is 30.3. The van der Waals surface area contributed by atoms with Crippen LogP contribution in [0.2, 0.25) is 0 Å². The van der Waals surface area contributed by atoms with Gasteiger partial charge in [0.2, 0.25) is 0 Å². The number of halogens is 1. The molecule has 0 bridgehead atoms. The van der Waals surface area contributed by atoms with Crippen LogP contribution >= 0.6 is 22.6 Å². The number of aliphatic hydroxyl groups is 1. The molecule has 1 saturated heterocycles. The molecule has 80 valence electrons. The Morgan fingerprint density at radius 1 is 1.33 bits per heavy atom. The Kier molecular flexibility index (Phi) is 3.25. The molecule has 0 aliphatic carbocycles. The number of alkyl halides is 1. The van der Waals surface area contributed by atoms with Gasteiger partial charge in [-0.05, 0) is 5.56 Å². The summed E-state index contributed by atoms with van der Waals surface area (Å²) in [5.74, 6) is -0.735. The van der Waals surface area contributed by atoms with Gasteiger partial charge < -0.3 is 9.84 Å². The van der Waals surface area contributed by atoms with Crippen molar-refractivity contribution in [2.24, 2.45) is 0 Å². The first kappa shape index (κ1) is 10.9. The van der Waals surface area contributed by atoms with E-state index in [1.54, 1.807) is 0 Å². The highest BCUT2D eigenvalue weighted by atomic mass is 127. The van der Waals surface area contributed by atoms with Gasteiger partial charge in [0, 0.05) is 4.43 Å². The maximum Gasteiger partial charge on any atom is 0.336 e. The summed E-state index contributed by atoms with van der Waals surface area (Å²) in [6.07, 6.45) is -1.23. The lowest BCUT2D eigenvalue weighted by Crippen LogP contribution is -2.23. The summed E-state index contributed by atoms with van der Waals surface area (Å²) in [7, 11) is 0. The first-order valence-electron chi connectivity index (χ1n) is 4.73. The lowest BCUT2D eigenvalue weighted by Gasteiger charge is -2.16. The Morgan fingerprint density at radius 3 is 2.60 bits per heavy atom. The third-order valence-electron chi connectivity index (χ3n) is 2.59. The van der Waals surface area contributed by atoms with E-state index < -0.39 is 12.1 Å². The molecular weight excluding hydrogens is 307 g/mol. The van der Waals surface area contributed by atoms with Crippen LogP contribution in [0.4, 0.5) is 0 Å². The zero-order chi connectivity index (χ0) is 10.8. The topological polar surface area (TPSA) is 46.5 Å². The molecule has 1 N–H and O–H groups in total. The molecule has 0 radical (unpaired) electrons. The number of esters is 1. The van der Waals surface area contributed by atoms with Crippen molar-refractivity contribution in [3.63, 3.8) is 0 Å². The van der Waals surface area contributed by atoms with Crippen LogP contribution in [-0.4, -0.2) is 27.7 Å². The largest absolute Gasteiger partial charge is 0.459 e. The molecule has 1 aromatic rings. The first-order valence-corrected chi connectivity index (χ1v) is 6.26. The molecular formula is C11H11IO3. The van der Waals surface area contributed by atoms with Gasteiger partial charge in [-0.25, -0.2) is 4.79 Å². The second-order valence-electron chi connectivity index (χ2n) is 3.51. The molecule has 4 heteroatoms. The fourth-order valence-electron chi connectivity index (χ4n) is 1.84. The number of hydrogen-bond acceptors (Lipinski definition) is 3. The average Bonchev–Trinajstić information content (AvgIpc) is 2.56. The van der Waals surface area contributed by atoms with Crippen LogP contribution in [-0.2, 0) is 9.53 Å². The van der Waals surface area contributed by atoms with Crippen LogP contribution in [0.25, 0.3) is 0 Å². The third-order valence-corrected chi connectivity index (χ3v) is 3.45. The molecule has 15 heavy (non-hydrogen) atoms. The van der Waals surface area contributed by atoms with E-state index in [0.717, 1.165) is 5.56 Å². The Morgan fingerprint density at radius 2 is 2.00 bits per heavy atom. The van der Waals surface area contributed by atoms with Crippen molar-refractivity contribution in [3.8, 4) is 0 Å². The molecule has 1 aliphatic heterocycles. The molecule has 0 unspecified atom stereocenters. The Labute approximate surface area is 102 Å². The summed E-state index contributed by atoms with van der Waals surface area (Å²) >= 11 is 2.16. The molecule has 0 saturated carbocycles. The summed E-state index contributed by atoms with van der Waals surface area (Å²) in [4.78, 5) is 11.3. The highest BCUT2D eigenvalue weighted by molar-refractivity contribution is 14.1. The fraction of sp³-hybridized carbons (Fsp3) is 0.364. The van der Waals surface area contributed by atoms with E-state index in [-0.39, 0.29) is 12.0 Å². The fourth-order valence-corrected chi connectivity index (χ4v) is 2.57. The van der Waals surface area contributed by atoms with Crippen molar-refractivity contribution in [1.82, 2.24) is 0 Å². The van der Waals surface area contributed by atoms with Gasteiger partial charge in [-0.2, -0.15) is 0 Å². The molecule has 3 atom stereocenters. The van der Waals surface area contributed by atoms with Crippen molar-refractivity contribution in [3.05, 3.63) is 35.9 Å². The lowest BCUT2D eigenvalue weighted by molar-refractivity contribution is -0.146. The maximum absolute atomic E-state index is 11.3. The molecule has 1 fully saturated rings. The Balaban J connectivity index is 2.30. The van der Waals surface area contributed by atoms with Gasteiger partial charge in [0.25, 0.3) is 0 Å². The SMILES string of the molecule is O=C1O[C@H](CI)[C@@H](c2ccccc2)[C@@H]1O. The summed E-state index contributed by atoms with van der Waals surface area (Å²) in [5.41, 5.74) is 0.956. The number of benzene rings is 1. The van der Waals surface area contributed by atoms with Gasteiger partial charge in [-0.15, -0.1) is 0 Å². The van der Waals surface area contributed by atoms with Crippen LogP contribution in [0.5, 0.6) is 0 Å². The van der Waals surface area contributed by atoms with Crippen molar-refractivity contribution in [2.75, 3.05) is 4.43 Å². The van der Waals surface area contributed by atoms with Gasteiger partial charge in [-0.1, -0.05) is 52.9 Å². The number of rotatable bonds is 2. The standard InChI is InChI=1S/C11H11IO3/c12-6-8-9(10(13)11(14)15-8)7-4-2-1-3-5-7/h1-5,8-10,13H,6H2/t8-,9-,10+/m1/s1. The smallest absolute Gasteiger partial charge is 0.336 e. The van der Waals surface area contributed by atoms with E-state index in [1.807, 2.05) is 30.3 Å². The summed E-state index contributed by atoms with van der Waals surface area (Å²) < 4.78 is 5.79. The van der Waals surface area contributed by atoms with E-state index in [2.05, 4.69) is 22.6 Å². The minimum Gasteiger partial charge on any atom is -0.459 e. The molecule has 1 aliphatic rings. The molecule has 1 aromatic carbocycles. The van der Waals surface area contributed by atoms with Crippen LogP contribution in [0, 0.1) is 0 Å². The highest BCUT2D eigenvalue weighted by Gasteiger charge is 2.43. The Hall–Kier alpha value is -0.620. The van der Waals surface area contributed by atoms with E-state index in [4.69, 9.17) is 4.74 Å².